The topological polar surface area (TPSA) is 75.2 Å². The Balaban J connectivity index is 2.45. The van der Waals surface area contributed by atoms with Crippen molar-refractivity contribution in [3.63, 3.8) is 0 Å². The maximum absolute atomic E-state index is 7.57. The van der Waals surface area contributed by atoms with Crippen LogP contribution in [-0.2, 0) is 0 Å². The van der Waals surface area contributed by atoms with Gasteiger partial charge in [0.25, 0.3) is 0 Å². The van der Waals surface area contributed by atoms with Crippen molar-refractivity contribution < 1.29 is 4.74 Å². The van der Waals surface area contributed by atoms with E-state index in [-0.39, 0.29) is 11.8 Å². The third-order valence-corrected chi connectivity index (χ3v) is 3.66. The normalized spacial score (nSPS) is 12.1. The molecular weight excluding hydrogens is 264 g/mol. The molecule has 5 heteroatoms. The molecule has 1 atom stereocenters. The molecule has 1 unspecified atom stereocenters. The molecule has 0 fully saturated rings. The number of amidine groups is 1. The van der Waals surface area contributed by atoms with Gasteiger partial charge in [-0.2, -0.15) is 0 Å². The summed E-state index contributed by atoms with van der Waals surface area (Å²) in [6.07, 6.45) is 1.81. The molecule has 0 amide bonds. The van der Waals surface area contributed by atoms with Crippen LogP contribution < -0.4 is 15.4 Å². The number of pyridine rings is 1. The Hall–Kier alpha value is -2.30. The first-order valence-electron chi connectivity index (χ1n) is 7.08. The van der Waals surface area contributed by atoms with Gasteiger partial charge in [-0.05, 0) is 30.5 Å². The van der Waals surface area contributed by atoms with Crippen LogP contribution in [0.2, 0.25) is 0 Å². The molecule has 0 saturated carbocycles. The predicted octanol–water partition coefficient (Wildman–Crippen LogP) is 2.64. The molecule has 1 aromatic heterocycles. The van der Waals surface area contributed by atoms with Crippen LogP contribution in [0.5, 0.6) is 5.75 Å². The van der Waals surface area contributed by atoms with E-state index in [4.69, 9.17) is 15.9 Å². The van der Waals surface area contributed by atoms with E-state index in [9.17, 15) is 0 Å². The summed E-state index contributed by atoms with van der Waals surface area (Å²) in [4.78, 5) is 6.67. The number of nitrogens with two attached hydrogens (primary N) is 1. The number of nitrogens with one attached hydrogen (secondary N) is 1. The highest BCUT2D eigenvalue weighted by molar-refractivity contribution is 5.93. The van der Waals surface area contributed by atoms with E-state index in [2.05, 4.69) is 16.8 Å². The molecule has 0 aliphatic rings. The van der Waals surface area contributed by atoms with E-state index >= 15 is 0 Å². The number of hydrogen-bond acceptors (Lipinski definition) is 4. The number of rotatable bonds is 6. The van der Waals surface area contributed by atoms with Crippen LogP contribution in [0.4, 0.5) is 5.82 Å². The lowest BCUT2D eigenvalue weighted by Gasteiger charge is -2.26. The summed E-state index contributed by atoms with van der Waals surface area (Å²) < 4.78 is 5.31. The van der Waals surface area contributed by atoms with E-state index in [1.165, 1.54) is 0 Å². The zero-order valence-electron chi connectivity index (χ0n) is 12.8. The fraction of sp³-hybridized carbons (Fsp3) is 0.375. The first-order chi connectivity index (χ1) is 10.1. The summed E-state index contributed by atoms with van der Waals surface area (Å²) in [5.41, 5.74) is 5.59. The van der Waals surface area contributed by atoms with E-state index in [1.54, 1.807) is 7.11 Å². The molecule has 112 valence electrons. The Bertz CT molecular complexity index is 641. The maximum atomic E-state index is 7.57. The monoisotopic (exact) mass is 286 g/mol. The lowest BCUT2D eigenvalue weighted by atomic mass is 10.1. The van der Waals surface area contributed by atoms with Gasteiger partial charge in [0.1, 0.15) is 11.6 Å². The van der Waals surface area contributed by atoms with Gasteiger partial charge in [0.05, 0.1) is 12.9 Å². The molecule has 0 radical (unpaired) electrons. The van der Waals surface area contributed by atoms with E-state index in [0.717, 1.165) is 28.9 Å². The van der Waals surface area contributed by atoms with Gasteiger partial charge in [0.2, 0.25) is 0 Å². The molecule has 0 aliphatic carbocycles. The SMILES string of the molecule is CCN(CC(C)C(=N)N)c1nccc2ccc(OC)cc12. The molecule has 21 heavy (non-hydrogen) atoms. The Morgan fingerprint density at radius 2 is 2.19 bits per heavy atom. The fourth-order valence-electron chi connectivity index (χ4n) is 2.31. The maximum Gasteiger partial charge on any atom is 0.136 e. The zero-order valence-corrected chi connectivity index (χ0v) is 12.8. The number of ether oxygens (including phenoxy) is 1. The molecule has 0 saturated heterocycles. The van der Waals surface area contributed by atoms with E-state index in [0.29, 0.717) is 6.54 Å². The molecule has 2 aromatic rings. The van der Waals surface area contributed by atoms with Crippen LogP contribution in [0, 0.1) is 11.3 Å². The number of hydrogen-bond donors (Lipinski definition) is 2. The summed E-state index contributed by atoms with van der Waals surface area (Å²) in [7, 11) is 1.66. The van der Waals surface area contributed by atoms with Crippen molar-refractivity contribution in [2.45, 2.75) is 13.8 Å². The standard InChI is InChI=1S/C16H22N4O/c1-4-20(10-11(2)15(17)18)16-14-9-13(21-3)6-5-12(14)7-8-19-16/h5-9,11H,4,10H2,1-3H3,(H3,17,18). The van der Waals surface area contributed by atoms with E-state index in [1.807, 2.05) is 37.4 Å². The quantitative estimate of drug-likeness (QED) is 0.632. The van der Waals surface area contributed by atoms with Gasteiger partial charge in [-0.25, -0.2) is 4.98 Å². The summed E-state index contributed by atoms with van der Waals surface area (Å²) in [6, 6.07) is 7.96. The summed E-state index contributed by atoms with van der Waals surface area (Å²) in [5.74, 6) is 1.91. The Morgan fingerprint density at radius 3 is 2.81 bits per heavy atom. The molecular formula is C16H22N4O. The fourth-order valence-corrected chi connectivity index (χ4v) is 2.31. The minimum absolute atomic E-state index is 0.00684. The Labute approximate surface area is 125 Å². The van der Waals surface area contributed by atoms with Crippen LogP contribution in [0.3, 0.4) is 0 Å². The van der Waals surface area contributed by atoms with Gasteiger partial charge in [-0.3, -0.25) is 5.41 Å². The Morgan fingerprint density at radius 1 is 1.43 bits per heavy atom. The molecule has 0 aliphatic heterocycles. The lowest BCUT2D eigenvalue weighted by Crippen LogP contribution is -2.35. The van der Waals surface area contributed by atoms with Gasteiger partial charge >= 0.3 is 0 Å². The predicted molar refractivity (Wildman–Crippen MR) is 87.3 cm³/mol. The molecule has 5 nitrogen and oxygen atoms in total. The van der Waals surface area contributed by atoms with Crippen LogP contribution in [0.1, 0.15) is 13.8 Å². The first-order valence-corrected chi connectivity index (χ1v) is 7.08. The first kappa shape index (κ1) is 15.1. The lowest BCUT2D eigenvalue weighted by molar-refractivity contribution is 0.415. The second kappa shape index (κ2) is 6.43. The minimum atomic E-state index is -0.00684. The van der Waals surface area contributed by atoms with Crippen LogP contribution >= 0.6 is 0 Å². The van der Waals surface area contributed by atoms with Gasteiger partial charge in [-0.15, -0.1) is 0 Å². The average Bonchev–Trinajstić information content (AvgIpc) is 2.51. The van der Waals surface area contributed by atoms with E-state index < -0.39 is 0 Å². The molecule has 2 rings (SSSR count). The van der Waals surface area contributed by atoms with Crippen molar-refractivity contribution in [2.24, 2.45) is 11.7 Å². The number of nitrogens with zero attached hydrogens (tertiary/aromatic N) is 2. The molecule has 0 bridgehead atoms. The molecule has 1 aromatic carbocycles. The highest BCUT2D eigenvalue weighted by Crippen LogP contribution is 2.28. The summed E-state index contributed by atoms with van der Waals surface area (Å²) in [6.45, 7) is 5.51. The minimum Gasteiger partial charge on any atom is -0.497 e. The van der Waals surface area contributed by atoms with Crippen molar-refractivity contribution in [3.8, 4) is 5.75 Å². The summed E-state index contributed by atoms with van der Waals surface area (Å²) >= 11 is 0. The Kier molecular flexibility index (Phi) is 4.62. The number of benzene rings is 1. The summed E-state index contributed by atoms with van der Waals surface area (Å²) in [5, 5.41) is 9.74. The van der Waals surface area contributed by atoms with Crippen molar-refractivity contribution in [3.05, 3.63) is 30.5 Å². The zero-order chi connectivity index (χ0) is 15.4. The third kappa shape index (κ3) is 3.24. The van der Waals surface area contributed by atoms with Crippen molar-refractivity contribution in [2.75, 3.05) is 25.1 Å². The van der Waals surface area contributed by atoms with Crippen molar-refractivity contribution in [1.82, 2.24) is 4.98 Å². The van der Waals surface area contributed by atoms with Gasteiger partial charge in [0, 0.05) is 30.6 Å². The molecule has 3 N–H and O–H groups in total. The second-order valence-electron chi connectivity index (χ2n) is 5.12. The smallest absolute Gasteiger partial charge is 0.136 e. The van der Waals surface area contributed by atoms with Gasteiger partial charge in [0.15, 0.2) is 0 Å². The van der Waals surface area contributed by atoms with Crippen LogP contribution in [-0.4, -0.2) is 31.0 Å². The van der Waals surface area contributed by atoms with Gasteiger partial charge < -0.3 is 15.4 Å². The molecule has 1 heterocycles. The second-order valence-corrected chi connectivity index (χ2v) is 5.12. The average molecular weight is 286 g/mol. The van der Waals surface area contributed by atoms with Crippen molar-refractivity contribution in [1.29, 1.82) is 5.41 Å². The number of methoxy groups -OCH3 is 1. The van der Waals surface area contributed by atoms with Gasteiger partial charge in [-0.1, -0.05) is 13.0 Å². The largest absolute Gasteiger partial charge is 0.497 e. The number of fused-ring (bicyclic) bond motifs is 1. The van der Waals surface area contributed by atoms with Crippen LogP contribution in [0.25, 0.3) is 10.8 Å². The highest BCUT2D eigenvalue weighted by atomic mass is 16.5. The van der Waals surface area contributed by atoms with Crippen molar-refractivity contribution >= 4 is 22.4 Å². The highest BCUT2D eigenvalue weighted by Gasteiger charge is 2.15. The third-order valence-electron chi connectivity index (χ3n) is 3.66. The number of aromatic nitrogens is 1. The number of anilines is 1. The molecule has 0 spiro atoms. The van der Waals surface area contributed by atoms with Crippen LogP contribution in [0.15, 0.2) is 30.5 Å².